The molecule has 12 heteroatoms. The van der Waals surface area contributed by atoms with E-state index in [9.17, 15) is 9.59 Å². The monoisotopic (exact) mass is 806 g/mol. The van der Waals surface area contributed by atoms with E-state index in [4.69, 9.17) is 55.2 Å². The van der Waals surface area contributed by atoms with Crippen molar-refractivity contribution in [3.8, 4) is 22.9 Å². The zero-order chi connectivity index (χ0) is 38.8. The van der Waals surface area contributed by atoms with E-state index in [1.165, 1.54) is 0 Å². The highest BCUT2D eigenvalue weighted by atomic mass is 35.5. The third-order valence-corrected chi connectivity index (χ3v) is 9.70. The minimum absolute atomic E-state index is 0.222. The molecule has 0 radical (unpaired) electrons. The predicted molar refractivity (Wildman–Crippen MR) is 222 cm³/mol. The number of amides is 2. The normalized spacial score (nSPS) is 11.0. The summed E-state index contributed by atoms with van der Waals surface area (Å²) in [5.74, 6) is 0.185. The molecule has 0 aliphatic rings. The van der Waals surface area contributed by atoms with E-state index in [0.717, 1.165) is 28.1 Å². The van der Waals surface area contributed by atoms with Gasteiger partial charge in [0.15, 0.2) is 11.2 Å². The van der Waals surface area contributed by atoms with Crippen LogP contribution in [0.25, 0.3) is 45.1 Å². The first-order valence-electron chi connectivity index (χ1n) is 16.9. The summed E-state index contributed by atoms with van der Waals surface area (Å²) in [7, 11) is 0. The third kappa shape index (κ3) is 8.53. The maximum atomic E-state index is 12.6. The van der Waals surface area contributed by atoms with Crippen LogP contribution in [0.4, 0.5) is 11.4 Å². The van der Waals surface area contributed by atoms with Crippen molar-refractivity contribution < 1.29 is 18.4 Å². The number of anilines is 2. The first-order chi connectivity index (χ1) is 26.4. The first kappa shape index (κ1) is 37.7. The van der Waals surface area contributed by atoms with Gasteiger partial charge in [-0.05, 0) is 117 Å². The summed E-state index contributed by atoms with van der Waals surface area (Å²) in [6.45, 7) is 5.97. The van der Waals surface area contributed by atoms with Gasteiger partial charge in [-0.15, -0.1) is 0 Å². The maximum absolute atomic E-state index is 12.6. The molecule has 0 saturated carbocycles. The van der Waals surface area contributed by atoms with Crippen LogP contribution in [0.3, 0.4) is 0 Å². The fourth-order valence-corrected chi connectivity index (χ4v) is 6.96. The van der Waals surface area contributed by atoms with Gasteiger partial charge in [-0.2, -0.15) is 0 Å². The molecule has 0 aliphatic heterocycles. The molecule has 2 amide bonds. The highest BCUT2D eigenvalue weighted by Crippen LogP contribution is 2.37. The fraction of sp³-hybridized carbons (Fsp3) is 0.0698. The zero-order valence-electron chi connectivity index (χ0n) is 29.5. The Kier molecular flexibility index (Phi) is 11.0. The van der Waals surface area contributed by atoms with Crippen LogP contribution in [0.2, 0.25) is 20.1 Å². The SMILES string of the molecule is Cc1cc(C)cc(NC(=O)c2ccc3nc(-c4c(Cl)cccc4Cl)oc3c2)c1.Cc1ccc(NC(=O)c2ccc3nc(-c4c(Cl)cccc4Cl)oc3c2)cc1. The molecule has 2 aromatic heterocycles. The van der Waals surface area contributed by atoms with E-state index in [-0.39, 0.29) is 11.8 Å². The molecule has 55 heavy (non-hydrogen) atoms. The Hall–Kier alpha value is -5.64. The summed E-state index contributed by atoms with van der Waals surface area (Å²) in [5, 5.41) is 7.58. The Morgan fingerprint density at radius 3 is 1.35 bits per heavy atom. The fourth-order valence-electron chi connectivity index (χ4n) is 5.84. The van der Waals surface area contributed by atoms with Crippen molar-refractivity contribution in [1.29, 1.82) is 0 Å². The lowest BCUT2D eigenvalue weighted by Gasteiger charge is -2.07. The van der Waals surface area contributed by atoms with Crippen molar-refractivity contribution in [2.75, 3.05) is 10.6 Å². The summed E-state index contributed by atoms with van der Waals surface area (Å²) in [4.78, 5) is 34.0. The maximum Gasteiger partial charge on any atom is 0.255 e. The number of nitrogens with one attached hydrogen (secondary N) is 2. The second kappa shape index (κ2) is 16.0. The quantitative estimate of drug-likeness (QED) is 0.173. The zero-order valence-corrected chi connectivity index (χ0v) is 32.5. The molecule has 8 rings (SSSR count). The minimum Gasteiger partial charge on any atom is -0.436 e. The molecule has 0 unspecified atom stereocenters. The van der Waals surface area contributed by atoms with E-state index < -0.39 is 0 Å². The molecule has 0 saturated heterocycles. The topological polar surface area (TPSA) is 110 Å². The summed E-state index contributed by atoms with van der Waals surface area (Å²) < 4.78 is 11.6. The largest absolute Gasteiger partial charge is 0.436 e. The molecule has 8 aromatic rings. The van der Waals surface area contributed by atoms with Crippen LogP contribution in [0.15, 0.2) is 124 Å². The van der Waals surface area contributed by atoms with E-state index in [2.05, 4.69) is 26.7 Å². The van der Waals surface area contributed by atoms with Gasteiger partial charge in [0.25, 0.3) is 11.8 Å². The van der Waals surface area contributed by atoms with Crippen LogP contribution >= 0.6 is 46.4 Å². The number of hydrogen-bond acceptors (Lipinski definition) is 6. The van der Waals surface area contributed by atoms with Gasteiger partial charge in [-0.25, -0.2) is 9.97 Å². The highest BCUT2D eigenvalue weighted by molar-refractivity contribution is 6.39. The van der Waals surface area contributed by atoms with Crippen LogP contribution in [0, 0.1) is 20.8 Å². The van der Waals surface area contributed by atoms with Gasteiger partial charge in [-0.1, -0.05) is 82.3 Å². The molecule has 6 aromatic carbocycles. The third-order valence-electron chi connectivity index (χ3n) is 8.44. The van der Waals surface area contributed by atoms with Crippen LogP contribution in [0.1, 0.15) is 37.4 Å². The molecule has 0 bridgehead atoms. The van der Waals surface area contributed by atoms with E-state index in [0.29, 0.717) is 76.3 Å². The van der Waals surface area contributed by atoms with Gasteiger partial charge in [0.05, 0.1) is 31.2 Å². The van der Waals surface area contributed by atoms with E-state index in [1.807, 2.05) is 57.2 Å². The molecule has 0 aliphatic carbocycles. The Bertz CT molecular complexity index is 2680. The highest BCUT2D eigenvalue weighted by Gasteiger charge is 2.18. The average Bonchev–Trinajstić information content (AvgIpc) is 3.76. The van der Waals surface area contributed by atoms with E-state index >= 15 is 0 Å². The lowest BCUT2D eigenvalue weighted by atomic mass is 10.1. The predicted octanol–water partition coefficient (Wildman–Crippen LogP) is 13.0. The van der Waals surface area contributed by atoms with Crippen molar-refractivity contribution in [3.63, 3.8) is 0 Å². The van der Waals surface area contributed by atoms with Gasteiger partial charge in [-0.3, -0.25) is 9.59 Å². The van der Waals surface area contributed by atoms with E-state index in [1.54, 1.807) is 72.8 Å². The van der Waals surface area contributed by atoms with Crippen molar-refractivity contribution in [2.24, 2.45) is 0 Å². The molecule has 0 spiro atoms. The Morgan fingerprint density at radius 2 is 0.909 bits per heavy atom. The molecular formula is C43H30Cl4N4O4. The van der Waals surface area contributed by atoms with Crippen molar-refractivity contribution in [3.05, 3.63) is 163 Å². The van der Waals surface area contributed by atoms with Crippen molar-refractivity contribution >= 4 is 91.8 Å². The number of oxazole rings is 2. The number of hydrogen-bond donors (Lipinski definition) is 2. The Morgan fingerprint density at radius 1 is 0.491 bits per heavy atom. The molecule has 274 valence electrons. The van der Waals surface area contributed by atoms with Gasteiger partial charge >= 0.3 is 0 Å². The molecule has 2 N–H and O–H groups in total. The number of fused-ring (bicyclic) bond motifs is 2. The second-order valence-electron chi connectivity index (χ2n) is 12.7. The lowest BCUT2D eigenvalue weighted by Crippen LogP contribution is -2.11. The summed E-state index contributed by atoms with van der Waals surface area (Å²) >= 11 is 24.9. The second-order valence-corrected chi connectivity index (χ2v) is 14.4. The smallest absolute Gasteiger partial charge is 0.255 e. The number of aryl methyl sites for hydroxylation is 3. The molecule has 2 heterocycles. The number of carbonyl (C=O) groups excluding carboxylic acids is 2. The van der Waals surface area contributed by atoms with Crippen LogP contribution in [0.5, 0.6) is 0 Å². The van der Waals surface area contributed by atoms with Gasteiger partial charge in [0.2, 0.25) is 11.8 Å². The Balaban J connectivity index is 0.000000169. The summed E-state index contributed by atoms with van der Waals surface area (Å²) in [6, 6.07) is 34.1. The van der Waals surface area contributed by atoms with Gasteiger partial charge < -0.3 is 19.5 Å². The Labute approximate surface area is 336 Å². The standard InChI is InChI=1S/C22H16Cl2N2O2.C21H14Cl2N2O2/c1-12-8-13(2)10-15(9-12)25-21(27)14-6-7-18-19(11-14)28-22(26-18)20-16(23)4-3-5-17(20)24;1-12-5-8-14(9-6-12)24-20(26)13-7-10-17-18(11-13)27-21(25-17)19-15(22)3-2-4-16(19)23/h3-11H,1-2H3,(H,25,27);2-11H,1H3,(H,24,26). The van der Waals surface area contributed by atoms with Gasteiger partial charge in [0.1, 0.15) is 11.0 Å². The molecular weight excluding hydrogens is 778 g/mol. The number of benzene rings is 6. The molecule has 0 fully saturated rings. The van der Waals surface area contributed by atoms with Crippen molar-refractivity contribution in [1.82, 2.24) is 9.97 Å². The number of rotatable bonds is 6. The van der Waals surface area contributed by atoms with Gasteiger partial charge in [0, 0.05) is 22.5 Å². The number of halogens is 4. The number of nitrogens with zero attached hydrogens (tertiary/aromatic N) is 2. The average molecular weight is 809 g/mol. The molecule has 8 nitrogen and oxygen atoms in total. The van der Waals surface area contributed by atoms with Crippen LogP contribution < -0.4 is 10.6 Å². The lowest BCUT2D eigenvalue weighted by molar-refractivity contribution is 0.101. The summed E-state index contributed by atoms with van der Waals surface area (Å²) in [6.07, 6.45) is 0. The van der Waals surface area contributed by atoms with Crippen LogP contribution in [-0.4, -0.2) is 21.8 Å². The number of carbonyl (C=O) groups is 2. The number of aromatic nitrogens is 2. The first-order valence-corrected chi connectivity index (χ1v) is 18.4. The van der Waals surface area contributed by atoms with Crippen LogP contribution in [-0.2, 0) is 0 Å². The summed E-state index contributed by atoms with van der Waals surface area (Å²) in [5.41, 5.74) is 8.99. The van der Waals surface area contributed by atoms with Crippen molar-refractivity contribution in [2.45, 2.75) is 20.8 Å². The molecule has 0 atom stereocenters. The minimum atomic E-state index is -0.227.